The second kappa shape index (κ2) is 4.75. The van der Waals surface area contributed by atoms with E-state index in [4.69, 9.17) is 5.26 Å². The van der Waals surface area contributed by atoms with Crippen molar-refractivity contribution in [2.24, 2.45) is 0 Å². The summed E-state index contributed by atoms with van der Waals surface area (Å²) in [5, 5.41) is 14.9. The van der Waals surface area contributed by atoms with Crippen LogP contribution in [0.3, 0.4) is 0 Å². The molecule has 0 aromatic carbocycles. The quantitative estimate of drug-likeness (QED) is 0.896. The highest BCUT2D eigenvalue weighted by Gasteiger charge is 2.17. The maximum absolute atomic E-state index is 8.98. The third kappa shape index (κ3) is 2.66. The zero-order valence-electron chi connectivity index (χ0n) is 10.6. The Morgan fingerprint density at radius 2 is 2.17 bits per heavy atom. The molecule has 0 radical (unpaired) electrons. The molecule has 0 aliphatic rings. The summed E-state index contributed by atoms with van der Waals surface area (Å²) in [5.74, 6) is 0.551. The molecule has 5 heteroatoms. The second-order valence-electron chi connectivity index (χ2n) is 4.92. The zero-order chi connectivity index (χ0) is 13.2. The van der Waals surface area contributed by atoms with E-state index in [1.165, 1.54) is 11.3 Å². The Morgan fingerprint density at radius 3 is 2.78 bits per heavy atom. The highest BCUT2D eigenvalue weighted by molar-refractivity contribution is 7.13. The second-order valence-corrected chi connectivity index (χ2v) is 5.78. The number of hydrogen-bond donors (Lipinski definition) is 1. The van der Waals surface area contributed by atoms with E-state index in [9.17, 15) is 0 Å². The summed E-state index contributed by atoms with van der Waals surface area (Å²) in [6.07, 6.45) is 1.65. The predicted octanol–water partition coefficient (Wildman–Crippen LogP) is 3.45. The van der Waals surface area contributed by atoms with Gasteiger partial charge in [0.25, 0.3) is 0 Å². The van der Waals surface area contributed by atoms with Gasteiger partial charge >= 0.3 is 0 Å². The minimum Gasteiger partial charge on any atom is -0.315 e. The monoisotopic (exact) mass is 258 g/mol. The number of aromatic nitrogens is 2. The number of rotatable bonds is 2. The van der Waals surface area contributed by atoms with Gasteiger partial charge in [0.15, 0.2) is 5.13 Å². The Labute approximate surface area is 110 Å². The summed E-state index contributed by atoms with van der Waals surface area (Å²) in [5.41, 5.74) is 1.58. The lowest BCUT2D eigenvalue weighted by atomic mass is 9.93. The fourth-order valence-electron chi connectivity index (χ4n) is 1.37. The topological polar surface area (TPSA) is 61.6 Å². The van der Waals surface area contributed by atoms with E-state index in [1.807, 2.05) is 5.38 Å². The van der Waals surface area contributed by atoms with E-state index in [0.29, 0.717) is 11.4 Å². The smallest absolute Gasteiger partial charge is 0.188 e. The van der Waals surface area contributed by atoms with Crippen molar-refractivity contribution in [3.05, 3.63) is 35.0 Å². The molecule has 0 bridgehead atoms. The van der Waals surface area contributed by atoms with Crippen LogP contribution >= 0.6 is 11.3 Å². The first-order chi connectivity index (χ1) is 8.50. The number of hydrogen-bond acceptors (Lipinski definition) is 5. The Kier molecular flexibility index (Phi) is 3.30. The van der Waals surface area contributed by atoms with Gasteiger partial charge in [-0.25, -0.2) is 9.97 Å². The maximum atomic E-state index is 8.98. The fourth-order valence-corrected chi connectivity index (χ4v) is 2.31. The molecule has 4 nitrogen and oxygen atoms in total. The molecule has 92 valence electrons. The van der Waals surface area contributed by atoms with Crippen LogP contribution in [-0.4, -0.2) is 9.97 Å². The molecule has 0 aliphatic heterocycles. The van der Waals surface area contributed by atoms with Crippen LogP contribution in [0.15, 0.2) is 23.7 Å². The SMILES string of the molecule is CC(C)(C)c1csc(Nc2ncccc2C#N)n1. The van der Waals surface area contributed by atoms with E-state index >= 15 is 0 Å². The number of pyridine rings is 1. The number of nitrogens with zero attached hydrogens (tertiary/aromatic N) is 3. The average molecular weight is 258 g/mol. The summed E-state index contributed by atoms with van der Waals surface area (Å²) in [6.45, 7) is 6.36. The maximum Gasteiger partial charge on any atom is 0.188 e. The normalized spacial score (nSPS) is 11.0. The minimum absolute atomic E-state index is 0.0264. The Morgan fingerprint density at radius 1 is 1.39 bits per heavy atom. The highest BCUT2D eigenvalue weighted by atomic mass is 32.1. The van der Waals surface area contributed by atoms with E-state index in [-0.39, 0.29) is 5.41 Å². The van der Waals surface area contributed by atoms with Crippen molar-refractivity contribution in [2.45, 2.75) is 26.2 Å². The lowest BCUT2D eigenvalue weighted by molar-refractivity contribution is 0.573. The summed E-state index contributed by atoms with van der Waals surface area (Å²) >= 11 is 1.52. The van der Waals surface area contributed by atoms with E-state index in [0.717, 1.165) is 10.8 Å². The first-order valence-electron chi connectivity index (χ1n) is 5.59. The molecule has 0 spiro atoms. The summed E-state index contributed by atoms with van der Waals surface area (Å²) in [4.78, 5) is 8.66. The largest absolute Gasteiger partial charge is 0.315 e. The van der Waals surface area contributed by atoms with Crippen LogP contribution in [0.1, 0.15) is 32.0 Å². The van der Waals surface area contributed by atoms with Crippen molar-refractivity contribution in [3.8, 4) is 6.07 Å². The molecular weight excluding hydrogens is 244 g/mol. The van der Waals surface area contributed by atoms with Gasteiger partial charge in [0, 0.05) is 17.0 Å². The number of nitriles is 1. The molecule has 0 amide bonds. The lowest BCUT2D eigenvalue weighted by Gasteiger charge is -2.14. The molecule has 2 rings (SSSR count). The highest BCUT2D eigenvalue weighted by Crippen LogP contribution is 2.28. The van der Waals surface area contributed by atoms with Gasteiger partial charge in [-0.15, -0.1) is 11.3 Å². The van der Waals surface area contributed by atoms with Crippen LogP contribution in [0.4, 0.5) is 10.9 Å². The molecule has 0 aliphatic carbocycles. The number of thiazole rings is 1. The standard InChI is InChI=1S/C13H14N4S/c1-13(2,3)10-8-18-12(16-10)17-11-9(7-14)5-4-6-15-11/h4-6,8H,1-3H3,(H,15,16,17). The van der Waals surface area contributed by atoms with Crippen molar-refractivity contribution < 1.29 is 0 Å². The number of anilines is 2. The third-order valence-corrected chi connectivity index (χ3v) is 3.18. The predicted molar refractivity (Wildman–Crippen MR) is 73.0 cm³/mol. The molecule has 0 unspecified atom stereocenters. The number of nitrogens with one attached hydrogen (secondary N) is 1. The summed E-state index contributed by atoms with van der Waals surface area (Å²) in [6, 6.07) is 5.58. The molecule has 0 saturated carbocycles. The molecule has 0 saturated heterocycles. The van der Waals surface area contributed by atoms with Crippen molar-refractivity contribution in [1.82, 2.24) is 9.97 Å². The Balaban J connectivity index is 2.25. The molecule has 0 fully saturated rings. The van der Waals surface area contributed by atoms with Crippen LogP contribution in [0, 0.1) is 11.3 Å². The fraction of sp³-hybridized carbons (Fsp3) is 0.308. The van der Waals surface area contributed by atoms with Crippen LogP contribution < -0.4 is 5.32 Å². The van der Waals surface area contributed by atoms with Gasteiger partial charge in [0.05, 0.1) is 11.3 Å². The molecular formula is C13H14N4S. The van der Waals surface area contributed by atoms with Gasteiger partial charge in [-0.2, -0.15) is 5.26 Å². The van der Waals surface area contributed by atoms with E-state index < -0.39 is 0 Å². The van der Waals surface area contributed by atoms with Gasteiger partial charge in [0.2, 0.25) is 0 Å². The molecule has 2 heterocycles. The summed E-state index contributed by atoms with van der Waals surface area (Å²) in [7, 11) is 0. The Bertz CT molecular complexity index is 590. The molecule has 2 aromatic heterocycles. The van der Waals surface area contributed by atoms with Crippen LogP contribution in [0.2, 0.25) is 0 Å². The van der Waals surface area contributed by atoms with Crippen molar-refractivity contribution in [3.63, 3.8) is 0 Å². The van der Waals surface area contributed by atoms with Crippen LogP contribution in [-0.2, 0) is 5.41 Å². The summed E-state index contributed by atoms with van der Waals surface area (Å²) < 4.78 is 0. The first kappa shape index (κ1) is 12.5. The molecule has 2 aromatic rings. The van der Waals surface area contributed by atoms with Gasteiger partial charge in [-0.05, 0) is 12.1 Å². The van der Waals surface area contributed by atoms with Crippen molar-refractivity contribution in [2.75, 3.05) is 5.32 Å². The third-order valence-electron chi connectivity index (χ3n) is 2.43. The van der Waals surface area contributed by atoms with Crippen LogP contribution in [0.25, 0.3) is 0 Å². The zero-order valence-corrected chi connectivity index (χ0v) is 11.4. The van der Waals surface area contributed by atoms with Crippen molar-refractivity contribution >= 4 is 22.3 Å². The molecule has 18 heavy (non-hydrogen) atoms. The lowest BCUT2D eigenvalue weighted by Crippen LogP contribution is -2.11. The van der Waals surface area contributed by atoms with Crippen LogP contribution in [0.5, 0.6) is 0 Å². The van der Waals surface area contributed by atoms with Gasteiger partial charge < -0.3 is 5.32 Å². The van der Waals surface area contributed by atoms with Gasteiger partial charge in [-0.3, -0.25) is 0 Å². The van der Waals surface area contributed by atoms with Crippen molar-refractivity contribution in [1.29, 1.82) is 5.26 Å². The van der Waals surface area contributed by atoms with E-state index in [1.54, 1.807) is 18.3 Å². The van der Waals surface area contributed by atoms with Gasteiger partial charge in [-0.1, -0.05) is 20.8 Å². The molecule has 1 N–H and O–H groups in total. The minimum atomic E-state index is 0.0264. The van der Waals surface area contributed by atoms with Gasteiger partial charge in [0.1, 0.15) is 11.9 Å². The molecule has 0 atom stereocenters. The van der Waals surface area contributed by atoms with E-state index in [2.05, 4.69) is 42.1 Å². The average Bonchev–Trinajstić information content (AvgIpc) is 2.78. The Hall–Kier alpha value is -1.93. The first-order valence-corrected chi connectivity index (χ1v) is 6.47.